The van der Waals surface area contributed by atoms with E-state index in [1.165, 1.54) is 6.07 Å². The number of H-pyrrole nitrogens is 1. The molecule has 0 aliphatic carbocycles. The molecule has 0 saturated carbocycles. The van der Waals surface area contributed by atoms with Gasteiger partial charge in [-0.2, -0.15) is 0 Å². The highest BCUT2D eigenvalue weighted by Gasteiger charge is 2.19. The molecular weight excluding hydrogens is 374 g/mol. The zero-order valence-electron chi connectivity index (χ0n) is 15.3. The molecule has 0 aliphatic rings. The van der Waals surface area contributed by atoms with E-state index < -0.39 is 15.7 Å². The van der Waals surface area contributed by atoms with Crippen molar-refractivity contribution in [1.82, 2.24) is 14.3 Å². The number of hydrogen-bond acceptors (Lipinski definition) is 3. The minimum atomic E-state index is -2.74. The molecule has 6 nitrogen and oxygen atoms in total. The van der Waals surface area contributed by atoms with Gasteiger partial charge < -0.3 is 10.1 Å². The summed E-state index contributed by atoms with van der Waals surface area (Å²) in [6.45, 7) is 0.280. The first kappa shape index (κ1) is 18.2. The van der Waals surface area contributed by atoms with Crippen LogP contribution in [0.4, 0.5) is 0 Å². The second-order valence-corrected chi connectivity index (χ2v) is 8.97. The molecule has 0 fully saturated rings. The van der Waals surface area contributed by atoms with Gasteiger partial charge in [-0.15, -0.1) is 0 Å². The minimum Gasteiger partial charge on any atom is -0.478 e. The zero-order valence-corrected chi connectivity index (χ0v) is 16.1. The molecule has 1 heterocycles. The van der Waals surface area contributed by atoms with E-state index in [0.717, 1.165) is 10.8 Å². The molecule has 4 rings (SSSR count). The Morgan fingerprint density at radius 3 is 2.71 bits per heavy atom. The third-order valence-corrected chi connectivity index (χ3v) is 6.93. The van der Waals surface area contributed by atoms with Crippen molar-refractivity contribution in [2.24, 2.45) is 0 Å². The summed E-state index contributed by atoms with van der Waals surface area (Å²) in [6.07, 6.45) is 0. The summed E-state index contributed by atoms with van der Waals surface area (Å²) in [4.78, 5) is 19.4. The lowest BCUT2D eigenvalue weighted by Gasteiger charge is -2.22. The number of hydrogen-bond donors (Lipinski definition) is 2. The van der Waals surface area contributed by atoms with Gasteiger partial charge in [-0.25, -0.2) is 18.3 Å². The van der Waals surface area contributed by atoms with Crippen molar-refractivity contribution in [3.63, 3.8) is 0 Å². The van der Waals surface area contributed by atoms with Gasteiger partial charge in [0, 0.05) is 7.05 Å². The quantitative estimate of drug-likeness (QED) is 0.508. The largest absolute Gasteiger partial charge is 0.478 e. The monoisotopic (exact) mass is 393 g/mol. The van der Waals surface area contributed by atoms with E-state index >= 15 is 0 Å². The molecule has 3 aromatic carbocycles. The first-order valence-corrected chi connectivity index (χ1v) is 10.3. The topological polar surface area (TPSA) is 86.3 Å². The molecule has 0 bridgehead atoms. The number of aromatic nitrogens is 2. The fourth-order valence-corrected chi connectivity index (χ4v) is 4.71. The smallest absolute Gasteiger partial charge is 0.335 e. The Bertz CT molecular complexity index is 1300. The summed E-state index contributed by atoms with van der Waals surface area (Å²) in [5.74, 6) is 3.61. The van der Waals surface area contributed by atoms with Crippen LogP contribution in [0.3, 0.4) is 0 Å². The first-order chi connectivity index (χ1) is 13.4. The van der Waals surface area contributed by atoms with E-state index in [2.05, 4.69) is 15.8 Å². The van der Waals surface area contributed by atoms with Gasteiger partial charge >= 0.3 is 5.97 Å². The average molecular weight is 393 g/mol. The number of aromatic amines is 1. The molecule has 142 valence electrons. The highest BCUT2D eigenvalue weighted by molar-refractivity contribution is 7.98. The predicted octanol–water partition coefficient (Wildman–Crippen LogP) is 3.54. The minimum absolute atomic E-state index is 0.188. The number of carboxylic acid groups (broad SMARTS) is 1. The Hall–Kier alpha value is -3.16. The highest BCUT2D eigenvalue weighted by atomic mass is 32.2. The van der Waals surface area contributed by atoms with Crippen molar-refractivity contribution in [2.75, 3.05) is 7.05 Å². The molecule has 7 heteroatoms. The van der Waals surface area contributed by atoms with Crippen molar-refractivity contribution in [3.05, 3.63) is 72.1 Å². The predicted molar refractivity (Wildman–Crippen MR) is 112 cm³/mol. The maximum Gasteiger partial charge on any atom is 0.335 e. The van der Waals surface area contributed by atoms with Crippen molar-refractivity contribution < 1.29 is 14.1 Å². The van der Waals surface area contributed by atoms with E-state index in [4.69, 9.17) is 5.11 Å². The van der Waals surface area contributed by atoms with Gasteiger partial charge in [0.25, 0.3) is 0 Å². The van der Waals surface area contributed by atoms with Gasteiger partial charge in [0.1, 0.15) is 5.82 Å². The van der Waals surface area contributed by atoms with Crippen LogP contribution in [-0.4, -0.2) is 42.5 Å². The molecule has 0 saturated heterocycles. The van der Waals surface area contributed by atoms with Crippen molar-refractivity contribution in [2.45, 2.75) is 11.4 Å². The van der Waals surface area contributed by atoms with Crippen LogP contribution < -0.4 is 0 Å². The van der Waals surface area contributed by atoms with Crippen LogP contribution in [0.1, 0.15) is 16.2 Å². The molecule has 1 atom stereocenters. The van der Waals surface area contributed by atoms with E-state index in [1.54, 1.807) is 23.5 Å². The van der Waals surface area contributed by atoms with Crippen LogP contribution in [0.15, 0.2) is 65.6 Å². The lowest BCUT2D eigenvalue weighted by Crippen LogP contribution is -2.27. The molecule has 0 aliphatic heterocycles. The summed E-state index contributed by atoms with van der Waals surface area (Å²) in [5, 5.41) is 11.0. The molecule has 28 heavy (non-hydrogen) atoms. The normalized spacial score (nSPS) is 13.8. The number of nitrogens with zero attached hydrogens (tertiary/aromatic N) is 2. The lowest BCUT2D eigenvalue weighted by molar-refractivity contribution is 0.0697. The molecule has 4 aromatic rings. The standard InChI is InChI=1S/C21H19N3O3S/c1-24(13-20-22-17-11-10-15(21(25)26)12-18(17)23-20)28(2,27)19-9-5-7-14-6-3-4-8-16(14)19/h3-12H,2,13H2,1H3,(H,22,23)(H,25,26). The Labute approximate surface area is 162 Å². The third kappa shape index (κ3) is 3.15. The molecule has 0 radical (unpaired) electrons. The molecule has 2 N–H and O–H groups in total. The Kier molecular flexibility index (Phi) is 4.41. The number of carboxylic acids is 1. The second-order valence-electron chi connectivity index (χ2n) is 6.62. The fourth-order valence-electron chi connectivity index (χ4n) is 3.23. The maximum absolute atomic E-state index is 13.6. The van der Waals surface area contributed by atoms with E-state index in [1.807, 2.05) is 42.5 Å². The number of nitrogens with one attached hydrogen (secondary N) is 1. The average Bonchev–Trinajstić information content (AvgIpc) is 3.08. The summed E-state index contributed by atoms with van der Waals surface area (Å²) in [5.41, 5.74) is 1.48. The van der Waals surface area contributed by atoms with Gasteiger partial charge in [-0.3, -0.25) is 0 Å². The van der Waals surface area contributed by atoms with Crippen LogP contribution in [-0.2, 0) is 16.3 Å². The van der Waals surface area contributed by atoms with E-state index in [9.17, 15) is 9.00 Å². The summed E-state index contributed by atoms with van der Waals surface area (Å²) in [7, 11) is -1.00. The van der Waals surface area contributed by atoms with Crippen LogP contribution in [0.2, 0.25) is 0 Å². The Morgan fingerprint density at radius 2 is 1.93 bits per heavy atom. The number of benzene rings is 3. The van der Waals surface area contributed by atoms with Gasteiger partial charge in [-0.05, 0) is 40.9 Å². The van der Waals surface area contributed by atoms with Crippen LogP contribution in [0.5, 0.6) is 0 Å². The number of aromatic carboxylic acids is 1. The van der Waals surface area contributed by atoms with Crippen LogP contribution >= 0.6 is 0 Å². The SMILES string of the molecule is C=S(=O)(c1cccc2ccccc12)N(C)Cc1nc2ccc(C(=O)O)cc2[nH]1. The van der Waals surface area contributed by atoms with Gasteiger partial charge in [0.15, 0.2) is 0 Å². The van der Waals surface area contributed by atoms with Crippen molar-refractivity contribution in [1.29, 1.82) is 0 Å². The molecular formula is C21H19N3O3S. The number of imidazole rings is 1. The molecule has 0 amide bonds. The summed E-state index contributed by atoms with van der Waals surface area (Å²) in [6, 6.07) is 18.2. The van der Waals surface area contributed by atoms with E-state index in [-0.39, 0.29) is 12.1 Å². The molecule has 1 aromatic heterocycles. The molecule has 0 spiro atoms. The Morgan fingerprint density at radius 1 is 1.18 bits per heavy atom. The second kappa shape index (κ2) is 6.78. The zero-order chi connectivity index (χ0) is 19.9. The summed E-state index contributed by atoms with van der Waals surface area (Å²) >= 11 is 0. The Balaban J connectivity index is 1.68. The summed E-state index contributed by atoms with van der Waals surface area (Å²) < 4.78 is 15.2. The number of rotatable bonds is 5. The van der Waals surface area contributed by atoms with E-state index in [0.29, 0.717) is 21.8 Å². The van der Waals surface area contributed by atoms with Gasteiger partial charge in [-0.1, -0.05) is 36.4 Å². The fraction of sp³-hybridized carbons (Fsp3) is 0.0952. The highest BCUT2D eigenvalue weighted by Crippen LogP contribution is 2.26. The number of fused-ring (bicyclic) bond motifs is 2. The van der Waals surface area contributed by atoms with Crippen LogP contribution in [0.25, 0.3) is 21.8 Å². The number of carbonyl (C=O) groups is 1. The van der Waals surface area contributed by atoms with Gasteiger partial charge in [0.2, 0.25) is 0 Å². The maximum atomic E-state index is 13.6. The lowest BCUT2D eigenvalue weighted by atomic mass is 10.1. The van der Waals surface area contributed by atoms with Gasteiger partial charge in [0.05, 0.1) is 37.7 Å². The first-order valence-electron chi connectivity index (χ1n) is 8.64. The van der Waals surface area contributed by atoms with Crippen molar-refractivity contribution in [3.8, 4) is 0 Å². The third-order valence-electron chi connectivity index (χ3n) is 4.75. The van der Waals surface area contributed by atoms with Crippen LogP contribution in [0, 0.1) is 0 Å². The van der Waals surface area contributed by atoms with Crippen molar-refractivity contribution >= 4 is 43.4 Å². The molecule has 1 unspecified atom stereocenters.